The molecular formula is C29H40FN9O3. The van der Waals surface area contributed by atoms with E-state index in [0.29, 0.717) is 49.5 Å². The normalized spacial score (nSPS) is 22.3. The van der Waals surface area contributed by atoms with E-state index in [2.05, 4.69) is 46.5 Å². The number of halogens is 1. The van der Waals surface area contributed by atoms with Crippen LogP contribution in [0, 0.1) is 5.92 Å². The van der Waals surface area contributed by atoms with E-state index in [4.69, 9.17) is 14.7 Å². The van der Waals surface area contributed by atoms with Crippen LogP contribution in [-0.4, -0.2) is 86.1 Å². The van der Waals surface area contributed by atoms with Crippen molar-refractivity contribution in [1.82, 2.24) is 29.8 Å². The van der Waals surface area contributed by atoms with Gasteiger partial charge in [0.05, 0.1) is 18.8 Å². The lowest BCUT2D eigenvalue weighted by molar-refractivity contribution is -0.121. The van der Waals surface area contributed by atoms with Crippen LogP contribution in [0.3, 0.4) is 0 Å². The van der Waals surface area contributed by atoms with Gasteiger partial charge in [0, 0.05) is 31.4 Å². The van der Waals surface area contributed by atoms with Crippen LogP contribution in [0.25, 0.3) is 5.65 Å². The number of hydrogen-bond donors (Lipinski definition) is 3. The number of hydrogen-bond acceptors (Lipinski definition) is 9. The number of ether oxygens (including phenoxy) is 1. The van der Waals surface area contributed by atoms with Crippen molar-refractivity contribution < 1.29 is 18.7 Å². The minimum atomic E-state index is -1.05. The minimum Gasteiger partial charge on any atom is -0.444 e. The lowest BCUT2D eigenvalue weighted by Crippen LogP contribution is -2.70. The summed E-state index contributed by atoms with van der Waals surface area (Å²) >= 11 is 0. The van der Waals surface area contributed by atoms with Crippen LogP contribution in [-0.2, 0) is 9.53 Å². The molecule has 5 rings (SSSR count). The zero-order valence-corrected chi connectivity index (χ0v) is 24.9. The Morgan fingerprint density at radius 1 is 1.24 bits per heavy atom. The van der Waals surface area contributed by atoms with E-state index in [-0.39, 0.29) is 24.6 Å². The molecule has 2 aliphatic heterocycles. The maximum atomic E-state index is 13.7. The predicted molar refractivity (Wildman–Crippen MR) is 158 cm³/mol. The van der Waals surface area contributed by atoms with Gasteiger partial charge in [-0.2, -0.15) is 19.6 Å². The SMILES string of the molecule is C=C(F)C(=O)NC12CN=CC=C1C[C@H]2Nc1nc(NCC2CCN(C(=O)OC(C)(C)C)CC2)nc2c(C(C)C)cnn12. The second-order valence-electron chi connectivity index (χ2n) is 12.6. The van der Waals surface area contributed by atoms with Gasteiger partial charge in [-0.25, -0.2) is 9.18 Å². The third kappa shape index (κ3) is 5.95. The molecule has 42 heavy (non-hydrogen) atoms. The fourth-order valence-electron chi connectivity index (χ4n) is 5.60. The van der Waals surface area contributed by atoms with Gasteiger partial charge in [0.25, 0.3) is 5.91 Å². The Hall–Kier alpha value is -4.03. The molecule has 3 aliphatic rings. The van der Waals surface area contributed by atoms with Crippen LogP contribution >= 0.6 is 0 Å². The number of anilines is 2. The summed E-state index contributed by atoms with van der Waals surface area (Å²) in [4.78, 5) is 40.4. The van der Waals surface area contributed by atoms with Crippen molar-refractivity contribution in [1.29, 1.82) is 0 Å². The number of carbonyl (C=O) groups excluding carboxylic acids is 2. The summed E-state index contributed by atoms with van der Waals surface area (Å²) in [5, 5.41) is 14.2. The molecule has 1 saturated heterocycles. The number of piperidine rings is 1. The highest BCUT2D eigenvalue weighted by atomic mass is 19.1. The van der Waals surface area contributed by atoms with Gasteiger partial charge >= 0.3 is 6.09 Å². The zero-order chi connectivity index (χ0) is 30.2. The van der Waals surface area contributed by atoms with Crippen LogP contribution in [0.2, 0.25) is 0 Å². The van der Waals surface area contributed by atoms with Crippen LogP contribution < -0.4 is 16.0 Å². The maximum absolute atomic E-state index is 13.7. The van der Waals surface area contributed by atoms with Crippen molar-refractivity contribution in [3.63, 3.8) is 0 Å². The number of carbonyl (C=O) groups is 2. The molecule has 13 heteroatoms. The Morgan fingerprint density at radius 3 is 2.62 bits per heavy atom. The quantitative estimate of drug-likeness (QED) is 0.400. The highest BCUT2D eigenvalue weighted by Crippen LogP contribution is 2.42. The Bertz CT molecular complexity index is 1440. The second-order valence-corrected chi connectivity index (χ2v) is 12.6. The molecule has 2 atom stereocenters. The summed E-state index contributed by atoms with van der Waals surface area (Å²) < 4.78 is 20.9. The predicted octanol–water partition coefficient (Wildman–Crippen LogP) is 3.84. The van der Waals surface area contributed by atoms with Crippen molar-refractivity contribution >= 4 is 35.8 Å². The summed E-state index contributed by atoms with van der Waals surface area (Å²) in [5.41, 5.74) is 1.20. The molecule has 1 aliphatic carbocycles. The Labute approximate surface area is 244 Å². The number of amides is 2. The average molecular weight is 582 g/mol. The van der Waals surface area contributed by atoms with E-state index in [1.165, 1.54) is 0 Å². The average Bonchev–Trinajstić information content (AvgIpc) is 3.35. The molecule has 12 nitrogen and oxygen atoms in total. The Morgan fingerprint density at radius 2 is 1.98 bits per heavy atom. The number of nitrogens with one attached hydrogen (secondary N) is 3. The number of allylic oxidation sites excluding steroid dienone is 1. The first-order valence-corrected chi connectivity index (χ1v) is 14.5. The molecule has 4 heterocycles. The van der Waals surface area contributed by atoms with Crippen LogP contribution in [0.15, 0.2) is 35.2 Å². The molecule has 0 radical (unpaired) electrons. The fourth-order valence-corrected chi connectivity index (χ4v) is 5.60. The van der Waals surface area contributed by atoms with E-state index in [0.717, 1.165) is 24.0 Å². The highest BCUT2D eigenvalue weighted by molar-refractivity contribution is 5.92. The van der Waals surface area contributed by atoms with E-state index < -0.39 is 22.9 Å². The van der Waals surface area contributed by atoms with Crippen molar-refractivity contribution in [2.45, 2.75) is 77.0 Å². The number of nitrogens with zero attached hydrogens (tertiary/aromatic N) is 6. The summed E-state index contributed by atoms with van der Waals surface area (Å²) in [5.74, 6) is -0.484. The molecular weight excluding hydrogens is 541 g/mol. The number of dihydropyridines is 1. The molecule has 2 aromatic rings. The first-order valence-electron chi connectivity index (χ1n) is 14.5. The standard InChI is InChI=1S/C29H40FN9O3/c1-17(2)21-15-33-39-23(21)35-25(32-14-19-8-11-38(12-9-19)27(41)42-28(4,5)6)36-26(39)34-22-13-20-7-10-31-16-29(20,22)37-24(40)18(3)30/h7,10,15,17,19,22H,3,8-9,11-14,16H2,1-2,4-6H3,(H,37,40)(H2,32,34,35,36)/t22-,29?/m1/s1. The summed E-state index contributed by atoms with van der Waals surface area (Å²) in [7, 11) is 0. The second kappa shape index (κ2) is 11.3. The van der Waals surface area contributed by atoms with E-state index in [9.17, 15) is 14.0 Å². The molecule has 0 aromatic carbocycles. The van der Waals surface area contributed by atoms with Crippen molar-refractivity contribution in [3.8, 4) is 0 Å². The fraction of sp³-hybridized carbons (Fsp3) is 0.586. The van der Waals surface area contributed by atoms with E-state index in [1.807, 2.05) is 26.8 Å². The monoisotopic (exact) mass is 581 g/mol. The smallest absolute Gasteiger partial charge is 0.410 e. The lowest BCUT2D eigenvalue weighted by atomic mass is 9.65. The van der Waals surface area contributed by atoms with Crippen LogP contribution in [0.4, 0.5) is 21.1 Å². The van der Waals surface area contributed by atoms with Crippen molar-refractivity contribution in [2.24, 2.45) is 10.9 Å². The third-order valence-corrected chi connectivity index (χ3v) is 8.03. The molecule has 0 bridgehead atoms. The molecule has 2 aromatic heterocycles. The molecule has 2 fully saturated rings. The zero-order valence-electron chi connectivity index (χ0n) is 24.9. The Balaban J connectivity index is 1.32. The van der Waals surface area contributed by atoms with Gasteiger partial charge < -0.3 is 25.6 Å². The van der Waals surface area contributed by atoms with Crippen molar-refractivity contribution in [3.05, 3.63) is 35.8 Å². The van der Waals surface area contributed by atoms with Gasteiger partial charge in [-0.3, -0.25) is 9.79 Å². The number of likely N-dealkylation sites (tertiary alicyclic amines) is 1. The topological polar surface area (TPSA) is 138 Å². The summed E-state index contributed by atoms with van der Waals surface area (Å²) in [6.45, 7) is 15.1. The van der Waals surface area contributed by atoms with Crippen molar-refractivity contribution in [2.75, 3.05) is 36.8 Å². The molecule has 1 unspecified atom stereocenters. The lowest BCUT2D eigenvalue weighted by Gasteiger charge is -2.52. The molecule has 2 amide bonds. The molecule has 1 saturated carbocycles. The van der Waals surface area contributed by atoms with Gasteiger partial charge in [0.15, 0.2) is 11.5 Å². The first-order chi connectivity index (χ1) is 19.9. The molecule has 3 N–H and O–H groups in total. The molecule has 0 spiro atoms. The van der Waals surface area contributed by atoms with Gasteiger partial charge in [0.2, 0.25) is 11.9 Å². The van der Waals surface area contributed by atoms with E-state index in [1.54, 1.807) is 21.8 Å². The third-order valence-electron chi connectivity index (χ3n) is 8.03. The minimum absolute atomic E-state index is 0.183. The van der Waals surface area contributed by atoms with Gasteiger partial charge in [0.1, 0.15) is 11.1 Å². The number of rotatable bonds is 8. The largest absolute Gasteiger partial charge is 0.444 e. The summed E-state index contributed by atoms with van der Waals surface area (Å²) in [6.07, 6.45) is 7.36. The number of aromatic nitrogens is 4. The van der Waals surface area contributed by atoms with Gasteiger partial charge in [-0.05, 0) is 63.5 Å². The van der Waals surface area contributed by atoms with Crippen LogP contribution in [0.5, 0.6) is 0 Å². The van der Waals surface area contributed by atoms with E-state index >= 15 is 0 Å². The van der Waals surface area contributed by atoms with Crippen LogP contribution in [0.1, 0.15) is 65.4 Å². The van der Waals surface area contributed by atoms with Gasteiger partial charge in [-0.15, -0.1) is 0 Å². The first kappa shape index (κ1) is 29.5. The highest BCUT2D eigenvalue weighted by Gasteiger charge is 2.53. The number of aliphatic imine (C=N–C) groups is 1. The Kier molecular flexibility index (Phi) is 7.95. The maximum Gasteiger partial charge on any atom is 0.410 e. The van der Waals surface area contributed by atoms with Gasteiger partial charge in [-0.1, -0.05) is 20.4 Å². The number of fused-ring (bicyclic) bond motifs is 2. The summed E-state index contributed by atoms with van der Waals surface area (Å²) in [6, 6.07) is -0.306. The molecule has 226 valence electrons.